The molecule has 0 aromatic carbocycles. The maximum atomic E-state index is 8.53. The van der Waals surface area contributed by atoms with Gasteiger partial charge in [-0.1, -0.05) is 13.8 Å². The highest BCUT2D eigenvalue weighted by atomic mass is 15.3. The fourth-order valence-electron chi connectivity index (χ4n) is 1.33. The van der Waals surface area contributed by atoms with Crippen LogP contribution in [0.15, 0.2) is 6.33 Å². The SMILES string of the molecule is CC(C)CC(C)n1cnc(C#N)n1. The highest BCUT2D eigenvalue weighted by molar-refractivity contribution is 5.05. The Morgan fingerprint density at radius 3 is 2.69 bits per heavy atom. The van der Waals surface area contributed by atoms with Crippen LogP contribution in [-0.4, -0.2) is 14.8 Å². The van der Waals surface area contributed by atoms with Gasteiger partial charge in [0.2, 0.25) is 0 Å². The molecular weight excluding hydrogens is 164 g/mol. The van der Waals surface area contributed by atoms with Crippen LogP contribution in [0, 0.1) is 17.2 Å². The maximum Gasteiger partial charge on any atom is 0.252 e. The minimum Gasteiger partial charge on any atom is -0.249 e. The quantitative estimate of drug-likeness (QED) is 0.708. The molecule has 0 aliphatic heterocycles. The molecule has 0 spiro atoms. The molecule has 1 atom stereocenters. The van der Waals surface area contributed by atoms with E-state index >= 15 is 0 Å². The lowest BCUT2D eigenvalue weighted by Gasteiger charge is -2.12. The van der Waals surface area contributed by atoms with Crippen LogP contribution >= 0.6 is 0 Å². The van der Waals surface area contributed by atoms with E-state index in [1.807, 2.05) is 6.07 Å². The fourth-order valence-corrected chi connectivity index (χ4v) is 1.33. The summed E-state index contributed by atoms with van der Waals surface area (Å²) in [7, 11) is 0. The van der Waals surface area contributed by atoms with Crippen LogP contribution in [-0.2, 0) is 0 Å². The molecule has 0 amide bonds. The molecule has 1 aromatic rings. The monoisotopic (exact) mass is 178 g/mol. The first-order valence-corrected chi connectivity index (χ1v) is 4.44. The number of hydrogen-bond donors (Lipinski definition) is 0. The Hall–Kier alpha value is -1.37. The third kappa shape index (κ3) is 2.55. The Bertz CT molecular complexity index is 308. The summed E-state index contributed by atoms with van der Waals surface area (Å²) in [5.41, 5.74) is 0. The molecule has 13 heavy (non-hydrogen) atoms. The Morgan fingerprint density at radius 1 is 1.54 bits per heavy atom. The van der Waals surface area contributed by atoms with Crippen LogP contribution in [0.25, 0.3) is 0 Å². The minimum atomic E-state index is 0.246. The minimum absolute atomic E-state index is 0.246. The summed E-state index contributed by atoms with van der Waals surface area (Å²) in [6.45, 7) is 6.41. The lowest BCUT2D eigenvalue weighted by atomic mass is 10.1. The molecule has 0 aliphatic rings. The van der Waals surface area contributed by atoms with E-state index in [-0.39, 0.29) is 5.82 Å². The van der Waals surface area contributed by atoms with E-state index in [2.05, 4.69) is 30.9 Å². The fraction of sp³-hybridized carbons (Fsp3) is 0.667. The summed E-state index contributed by atoms with van der Waals surface area (Å²) in [5.74, 6) is 0.875. The highest BCUT2D eigenvalue weighted by Crippen LogP contribution is 2.14. The van der Waals surface area contributed by atoms with Gasteiger partial charge in [-0.15, -0.1) is 5.10 Å². The summed E-state index contributed by atoms with van der Waals surface area (Å²) in [4.78, 5) is 3.85. The standard InChI is InChI=1S/C9H14N4/c1-7(2)4-8(3)13-6-11-9(5-10)12-13/h6-8H,4H2,1-3H3. The van der Waals surface area contributed by atoms with Crippen LogP contribution in [0.5, 0.6) is 0 Å². The van der Waals surface area contributed by atoms with E-state index in [0.717, 1.165) is 6.42 Å². The first-order chi connectivity index (χ1) is 6.13. The van der Waals surface area contributed by atoms with Gasteiger partial charge < -0.3 is 0 Å². The molecular formula is C9H14N4. The number of nitrogens with zero attached hydrogens (tertiary/aromatic N) is 4. The van der Waals surface area contributed by atoms with Gasteiger partial charge in [-0.25, -0.2) is 9.67 Å². The van der Waals surface area contributed by atoms with E-state index in [1.165, 1.54) is 0 Å². The number of hydrogen-bond acceptors (Lipinski definition) is 3. The van der Waals surface area contributed by atoms with Crippen LogP contribution < -0.4 is 0 Å². The molecule has 0 radical (unpaired) electrons. The topological polar surface area (TPSA) is 54.5 Å². The molecule has 1 heterocycles. The van der Waals surface area contributed by atoms with Gasteiger partial charge in [0, 0.05) is 0 Å². The molecule has 70 valence electrons. The van der Waals surface area contributed by atoms with Crippen molar-refractivity contribution in [3.8, 4) is 6.07 Å². The maximum absolute atomic E-state index is 8.53. The van der Waals surface area contributed by atoms with Crippen molar-refractivity contribution in [1.29, 1.82) is 5.26 Å². The molecule has 0 aliphatic carbocycles. The molecule has 0 fully saturated rings. The van der Waals surface area contributed by atoms with Gasteiger partial charge in [0.05, 0.1) is 6.04 Å². The zero-order valence-electron chi connectivity index (χ0n) is 8.23. The van der Waals surface area contributed by atoms with Gasteiger partial charge in [0.15, 0.2) is 0 Å². The predicted octanol–water partition coefficient (Wildman–Crippen LogP) is 1.76. The third-order valence-corrected chi connectivity index (χ3v) is 1.87. The highest BCUT2D eigenvalue weighted by Gasteiger charge is 2.08. The molecule has 0 N–H and O–H groups in total. The van der Waals surface area contributed by atoms with E-state index in [0.29, 0.717) is 12.0 Å². The van der Waals surface area contributed by atoms with Crippen molar-refractivity contribution >= 4 is 0 Å². The van der Waals surface area contributed by atoms with Crippen molar-refractivity contribution in [3.63, 3.8) is 0 Å². The lowest BCUT2D eigenvalue weighted by Crippen LogP contribution is -2.08. The average molecular weight is 178 g/mol. The molecule has 1 rings (SSSR count). The van der Waals surface area contributed by atoms with Crippen molar-refractivity contribution in [3.05, 3.63) is 12.2 Å². The van der Waals surface area contributed by atoms with Crippen molar-refractivity contribution < 1.29 is 0 Å². The van der Waals surface area contributed by atoms with Crippen molar-refractivity contribution in [2.24, 2.45) is 5.92 Å². The molecule has 0 saturated heterocycles. The van der Waals surface area contributed by atoms with Crippen molar-refractivity contribution in [1.82, 2.24) is 14.8 Å². The molecule has 4 heteroatoms. The van der Waals surface area contributed by atoms with Gasteiger partial charge in [0.25, 0.3) is 5.82 Å². The van der Waals surface area contributed by atoms with Crippen LogP contribution in [0.3, 0.4) is 0 Å². The Morgan fingerprint density at radius 2 is 2.23 bits per heavy atom. The first-order valence-electron chi connectivity index (χ1n) is 4.44. The second-order valence-electron chi connectivity index (χ2n) is 3.64. The predicted molar refractivity (Wildman–Crippen MR) is 48.9 cm³/mol. The van der Waals surface area contributed by atoms with Gasteiger partial charge >= 0.3 is 0 Å². The second kappa shape index (κ2) is 4.04. The summed E-state index contributed by atoms with van der Waals surface area (Å²) < 4.78 is 1.75. The zero-order valence-corrected chi connectivity index (χ0v) is 8.23. The Kier molecular flexibility index (Phi) is 3.02. The van der Waals surface area contributed by atoms with E-state index < -0.39 is 0 Å². The summed E-state index contributed by atoms with van der Waals surface area (Å²) >= 11 is 0. The first kappa shape index (κ1) is 9.72. The van der Waals surface area contributed by atoms with Gasteiger partial charge in [0.1, 0.15) is 12.4 Å². The van der Waals surface area contributed by atoms with Crippen LogP contribution in [0.4, 0.5) is 0 Å². The van der Waals surface area contributed by atoms with Crippen molar-refractivity contribution in [2.75, 3.05) is 0 Å². The smallest absolute Gasteiger partial charge is 0.249 e. The summed E-state index contributed by atoms with van der Waals surface area (Å²) in [6, 6.07) is 2.23. The number of aromatic nitrogens is 3. The Labute approximate surface area is 78.2 Å². The van der Waals surface area contributed by atoms with E-state index in [1.54, 1.807) is 11.0 Å². The molecule has 4 nitrogen and oxygen atoms in total. The van der Waals surface area contributed by atoms with Gasteiger partial charge in [-0.05, 0) is 19.3 Å². The summed E-state index contributed by atoms with van der Waals surface area (Å²) in [5, 5.41) is 12.6. The zero-order chi connectivity index (χ0) is 9.84. The normalized spacial score (nSPS) is 12.8. The molecule has 0 saturated carbocycles. The van der Waals surface area contributed by atoms with Gasteiger partial charge in [-0.2, -0.15) is 5.26 Å². The Balaban J connectivity index is 2.67. The number of rotatable bonds is 3. The van der Waals surface area contributed by atoms with Gasteiger partial charge in [-0.3, -0.25) is 0 Å². The van der Waals surface area contributed by atoms with Crippen LogP contribution in [0.2, 0.25) is 0 Å². The lowest BCUT2D eigenvalue weighted by molar-refractivity contribution is 0.397. The van der Waals surface area contributed by atoms with Crippen LogP contribution in [0.1, 0.15) is 39.1 Å². The third-order valence-electron chi connectivity index (χ3n) is 1.87. The molecule has 1 aromatic heterocycles. The van der Waals surface area contributed by atoms with E-state index in [4.69, 9.17) is 5.26 Å². The number of nitriles is 1. The second-order valence-corrected chi connectivity index (χ2v) is 3.64. The van der Waals surface area contributed by atoms with E-state index in [9.17, 15) is 0 Å². The molecule has 0 bridgehead atoms. The average Bonchev–Trinajstić information content (AvgIpc) is 2.50. The van der Waals surface area contributed by atoms with Crippen molar-refractivity contribution in [2.45, 2.75) is 33.2 Å². The largest absolute Gasteiger partial charge is 0.252 e. The molecule has 1 unspecified atom stereocenters. The summed E-state index contributed by atoms with van der Waals surface area (Å²) in [6.07, 6.45) is 2.67.